The third-order valence-electron chi connectivity index (χ3n) is 1.89. The molecule has 0 unspecified atom stereocenters. The average Bonchev–Trinajstić information content (AvgIpc) is 2.21. The van der Waals surface area contributed by atoms with E-state index < -0.39 is 9.84 Å². The summed E-state index contributed by atoms with van der Waals surface area (Å²) in [5, 5.41) is 11.9. The van der Waals surface area contributed by atoms with Gasteiger partial charge in [0.15, 0.2) is 9.84 Å². The highest BCUT2D eigenvalue weighted by atomic mass is 32.2. The lowest BCUT2D eigenvalue weighted by molar-refractivity contribution is 0.319. The topological polar surface area (TPSA) is 103 Å². The molecule has 6 nitrogen and oxygen atoms in total. The maximum Gasteiger partial charge on any atom is 0.156 e. The molecule has 0 atom stereocenters. The second kappa shape index (κ2) is 5.50. The molecule has 1 aromatic carbocycles. The van der Waals surface area contributed by atoms with E-state index in [-0.39, 0.29) is 18.1 Å². The van der Waals surface area contributed by atoms with Crippen molar-refractivity contribution in [3.05, 3.63) is 40.3 Å². The molecule has 1 aromatic rings. The Balaban J connectivity index is 2.80. The van der Waals surface area contributed by atoms with Gasteiger partial charge in [0.05, 0.1) is 18.1 Å². The lowest BCUT2D eigenvalue weighted by Gasteiger charge is -2.02. The number of hydrogen-bond acceptors (Lipinski definition) is 4. The molecule has 0 aliphatic carbocycles. The van der Waals surface area contributed by atoms with Gasteiger partial charge in [-0.05, 0) is 11.1 Å². The molecular formula is C9H11N3O3S. The Morgan fingerprint density at radius 3 is 2.44 bits per heavy atom. The van der Waals surface area contributed by atoms with Crippen LogP contribution in [0, 0.1) is 0 Å². The molecule has 1 rings (SSSR count). The second-order valence-electron chi connectivity index (χ2n) is 3.17. The maximum absolute atomic E-state index is 11.4. The Bertz CT molecular complexity index is 489. The van der Waals surface area contributed by atoms with Crippen molar-refractivity contribution in [2.45, 2.75) is 5.75 Å². The summed E-state index contributed by atoms with van der Waals surface area (Å²) in [6.07, 6.45) is 0. The molecular weight excluding hydrogens is 230 g/mol. The van der Waals surface area contributed by atoms with Gasteiger partial charge < -0.3 is 5.11 Å². The van der Waals surface area contributed by atoms with E-state index in [0.717, 1.165) is 0 Å². The van der Waals surface area contributed by atoms with Crippen LogP contribution in [-0.2, 0) is 15.6 Å². The van der Waals surface area contributed by atoms with E-state index in [1.54, 1.807) is 24.3 Å². The van der Waals surface area contributed by atoms with Crippen molar-refractivity contribution in [3.63, 3.8) is 0 Å². The Labute approximate surface area is 93.1 Å². The van der Waals surface area contributed by atoms with Gasteiger partial charge in [0.2, 0.25) is 0 Å². The zero-order valence-corrected chi connectivity index (χ0v) is 9.26. The normalized spacial score (nSPS) is 10.8. The summed E-state index contributed by atoms with van der Waals surface area (Å²) in [6.45, 7) is -0.376. The predicted octanol–water partition coefficient (Wildman–Crippen LogP) is 1.54. The molecule has 0 spiro atoms. The summed E-state index contributed by atoms with van der Waals surface area (Å²) in [5.41, 5.74) is 9.22. The molecule has 0 heterocycles. The highest BCUT2D eigenvalue weighted by molar-refractivity contribution is 7.90. The van der Waals surface area contributed by atoms with Gasteiger partial charge >= 0.3 is 0 Å². The quantitative estimate of drug-likeness (QED) is 0.480. The Morgan fingerprint density at radius 1 is 1.31 bits per heavy atom. The zero-order valence-electron chi connectivity index (χ0n) is 8.44. The van der Waals surface area contributed by atoms with Gasteiger partial charge in [0.25, 0.3) is 0 Å². The van der Waals surface area contributed by atoms with E-state index in [1.165, 1.54) is 0 Å². The number of sulfone groups is 1. The van der Waals surface area contributed by atoms with Crippen molar-refractivity contribution in [1.29, 1.82) is 0 Å². The number of rotatable bonds is 5. The van der Waals surface area contributed by atoms with Crippen LogP contribution in [0.4, 0.5) is 5.69 Å². The minimum absolute atomic E-state index is 0.121. The molecule has 0 saturated carbocycles. The van der Waals surface area contributed by atoms with E-state index in [1.807, 2.05) is 0 Å². The van der Waals surface area contributed by atoms with Gasteiger partial charge in [0.1, 0.15) is 0 Å². The summed E-state index contributed by atoms with van der Waals surface area (Å²) in [7, 11) is -3.26. The Kier molecular flexibility index (Phi) is 4.30. The largest absolute Gasteiger partial charge is 0.395 e. The van der Waals surface area contributed by atoms with E-state index in [9.17, 15) is 8.42 Å². The standard InChI is InChI=1S/C9H11N3O3S/c10-12-11-9-3-1-8(2-4-9)7-16(14,15)6-5-13/h1-4,13H,5-7H2. The average molecular weight is 241 g/mol. The van der Waals surface area contributed by atoms with Crippen LogP contribution < -0.4 is 0 Å². The van der Waals surface area contributed by atoms with Crippen LogP contribution in [0.1, 0.15) is 5.56 Å². The van der Waals surface area contributed by atoms with Crippen LogP contribution in [-0.4, -0.2) is 25.9 Å². The summed E-state index contributed by atoms with van der Waals surface area (Å²) < 4.78 is 22.7. The van der Waals surface area contributed by atoms with Gasteiger partial charge in [-0.15, -0.1) is 0 Å². The molecule has 1 N–H and O–H groups in total. The molecule has 7 heteroatoms. The second-order valence-corrected chi connectivity index (χ2v) is 5.36. The fourth-order valence-electron chi connectivity index (χ4n) is 1.18. The van der Waals surface area contributed by atoms with Crippen LogP contribution in [0.25, 0.3) is 10.4 Å². The van der Waals surface area contributed by atoms with Crippen LogP contribution in [0.5, 0.6) is 0 Å². The number of benzene rings is 1. The summed E-state index contributed by atoms with van der Waals surface area (Å²) in [5.74, 6) is -0.366. The first-order valence-corrected chi connectivity index (χ1v) is 6.35. The predicted molar refractivity (Wildman–Crippen MR) is 59.8 cm³/mol. The van der Waals surface area contributed by atoms with Gasteiger partial charge in [-0.1, -0.05) is 29.4 Å². The first-order valence-electron chi connectivity index (χ1n) is 4.53. The summed E-state index contributed by atoms with van der Waals surface area (Å²) in [4.78, 5) is 2.61. The third-order valence-corrected chi connectivity index (χ3v) is 3.46. The number of nitrogens with zero attached hydrogens (tertiary/aromatic N) is 3. The van der Waals surface area contributed by atoms with Gasteiger partial charge in [0, 0.05) is 10.6 Å². The fraction of sp³-hybridized carbons (Fsp3) is 0.333. The fourth-order valence-corrected chi connectivity index (χ4v) is 2.30. The van der Waals surface area contributed by atoms with Crippen LogP contribution in [0.3, 0.4) is 0 Å². The molecule has 0 aromatic heterocycles. The molecule has 0 amide bonds. The first-order chi connectivity index (χ1) is 7.57. The van der Waals surface area contributed by atoms with Gasteiger partial charge in [-0.3, -0.25) is 0 Å². The van der Waals surface area contributed by atoms with Crippen molar-refractivity contribution in [2.75, 3.05) is 12.4 Å². The van der Waals surface area contributed by atoms with Crippen LogP contribution >= 0.6 is 0 Å². The lowest BCUT2D eigenvalue weighted by atomic mass is 10.2. The Hall–Kier alpha value is -1.56. The van der Waals surface area contributed by atoms with E-state index in [2.05, 4.69) is 10.0 Å². The lowest BCUT2D eigenvalue weighted by Crippen LogP contribution is -2.12. The van der Waals surface area contributed by atoms with Gasteiger partial charge in [-0.2, -0.15) is 0 Å². The van der Waals surface area contributed by atoms with E-state index >= 15 is 0 Å². The van der Waals surface area contributed by atoms with Crippen molar-refractivity contribution in [3.8, 4) is 0 Å². The zero-order chi connectivity index (χ0) is 12.0. The minimum Gasteiger partial charge on any atom is -0.395 e. The third kappa shape index (κ3) is 3.90. The highest BCUT2D eigenvalue weighted by Gasteiger charge is 2.10. The number of aliphatic hydroxyl groups is 1. The van der Waals surface area contributed by atoms with Crippen molar-refractivity contribution < 1.29 is 13.5 Å². The smallest absolute Gasteiger partial charge is 0.156 e. The molecule has 0 aliphatic heterocycles. The maximum atomic E-state index is 11.4. The highest BCUT2D eigenvalue weighted by Crippen LogP contribution is 2.15. The monoisotopic (exact) mass is 241 g/mol. The molecule has 0 fully saturated rings. The minimum atomic E-state index is -3.26. The van der Waals surface area contributed by atoms with Gasteiger partial charge in [-0.25, -0.2) is 8.42 Å². The molecule has 0 saturated heterocycles. The van der Waals surface area contributed by atoms with E-state index in [4.69, 9.17) is 10.6 Å². The molecule has 86 valence electrons. The van der Waals surface area contributed by atoms with Crippen LogP contribution in [0.15, 0.2) is 29.4 Å². The number of azide groups is 1. The van der Waals surface area contributed by atoms with Crippen molar-refractivity contribution in [2.24, 2.45) is 5.11 Å². The molecule has 0 radical (unpaired) electrons. The van der Waals surface area contributed by atoms with Crippen molar-refractivity contribution >= 4 is 15.5 Å². The Morgan fingerprint density at radius 2 is 1.94 bits per heavy atom. The number of aliphatic hydroxyl groups excluding tert-OH is 1. The molecule has 16 heavy (non-hydrogen) atoms. The molecule has 0 bridgehead atoms. The SMILES string of the molecule is [N-]=[N+]=Nc1ccc(CS(=O)(=O)CCO)cc1. The first kappa shape index (κ1) is 12.5. The number of hydrogen-bond donors (Lipinski definition) is 1. The van der Waals surface area contributed by atoms with Crippen LogP contribution in [0.2, 0.25) is 0 Å². The van der Waals surface area contributed by atoms with E-state index in [0.29, 0.717) is 11.3 Å². The molecule has 0 aliphatic rings. The summed E-state index contributed by atoms with van der Waals surface area (Å²) in [6, 6.07) is 6.25. The summed E-state index contributed by atoms with van der Waals surface area (Å²) >= 11 is 0. The van der Waals surface area contributed by atoms with Crippen molar-refractivity contribution in [1.82, 2.24) is 0 Å².